The molecule has 0 aliphatic carbocycles. The average molecular weight is 194 g/mol. The molecule has 0 radical (unpaired) electrons. The lowest BCUT2D eigenvalue weighted by molar-refractivity contribution is 0.118. The van der Waals surface area contributed by atoms with Crippen LogP contribution in [0.25, 0.3) is 0 Å². The van der Waals surface area contributed by atoms with Crippen molar-refractivity contribution in [3.8, 4) is 0 Å². The minimum Gasteiger partial charge on any atom is -0.433 e. The Labute approximate surface area is 78.6 Å². The quantitative estimate of drug-likeness (QED) is 0.628. The SMILES string of the molecule is CCCN(CCC)C(=O)OCCl. The van der Waals surface area contributed by atoms with Gasteiger partial charge in [0.2, 0.25) is 0 Å². The molecule has 72 valence electrons. The Hall–Kier alpha value is -0.440. The van der Waals surface area contributed by atoms with Crippen molar-refractivity contribution in [1.29, 1.82) is 0 Å². The van der Waals surface area contributed by atoms with Gasteiger partial charge in [0.1, 0.15) is 0 Å². The molecule has 0 rings (SSSR count). The highest BCUT2D eigenvalue weighted by Crippen LogP contribution is 1.98. The van der Waals surface area contributed by atoms with Crippen molar-refractivity contribution in [1.82, 2.24) is 4.90 Å². The van der Waals surface area contributed by atoms with E-state index in [9.17, 15) is 4.79 Å². The van der Waals surface area contributed by atoms with Crippen LogP contribution in [0.2, 0.25) is 0 Å². The molecule has 0 heterocycles. The van der Waals surface area contributed by atoms with Crippen molar-refractivity contribution in [2.75, 3.05) is 19.2 Å². The maximum absolute atomic E-state index is 11.1. The second-order valence-corrected chi connectivity index (χ2v) is 2.72. The van der Waals surface area contributed by atoms with Gasteiger partial charge in [-0.15, -0.1) is 0 Å². The summed E-state index contributed by atoms with van der Waals surface area (Å²) in [6.07, 6.45) is 1.57. The van der Waals surface area contributed by atoms with Crippen LogP contribution in [0.5, 0.6) is 0 Å². The third kappa shape index (κ3) is 4.44. The third-order valence-electron chi connectivity index (χ3n) is 1.42. The standard InChI is InChI=1S/C8H16ClNO2/c1-3-5-10(6-4-2)8(11)12-7-9/h3-7H2,1-2H3. The van der Waals surface area contributed by atoms with E-state index in [-0.39, 0.29) is 12.2 Å². The van der Waals surface area contributed by atoms with Crippen LogP contribution in [0.3, 0.4) is 0 Å². The van der Waals surface area contributed by atoms with Crippen molar-refractivity contribution in [2.45, 2.75) is 26.7 Å². The number of carbonyl (C=O) groups is 1. The Morgan fingerprint density at radius 3 is 2.17 bits per heavy atom. The topological polar surface area (TPSA) is 29.5 Å². The molecule has 0 aromatic rings. The normalized spacial score (nSPS) is 9.58. The zero-order chi connectivity index (χ0) is 9.40. The van der Waals surface area contributed by atoms with Gasteiger partial charge in [-0.3, -0.25) is 0 Å². The Balaban J connectivity index is 3.81. The van der Waals surface area contributed by atoms with E-state index in [2.05, 4.69) is 4.74 Å². The van der Waals surface area contributed by atoms with Gasteiger partial charge >= 0.3 is 6.09 Å². The summed E-state index contributed by atoms with van der Waals surface area (Å²) in [5.74, 6) is 0. The number of rotatable bonds is 5. The highest BCUT2D eigenvalue weighted by atomic mass is 35.5. The fraction of sp³-hybridized carbons (Fsp3) is 0.875. The van der Waals surface area contributed by atoms with Crippen LogP contribution >= 0.6 is 11.6 Å². The lowest BCUT2D eigenvalue weighted by Gasteiger charge is -2.19. The van der Waals surface area contributed by atoms with Gasteiger partial charge in [0.05, 0.1) is 0 Å². The molecule has 0 aliphatic heterocycles. The molecule has 0 aromatic carbocycles. The number of ether oxygens (including phenoxy) is 1. The zero-order valence-electron chi connectivity index (χ0n) is 7.68. The molecule has 0 aliphatic rings. The molecule has 4 heteroatoms. The van der Waals surface area contributed by atoms with E-state index < -0.39 is 0 Å². The molecule has 0 aromatic heterocycles. The van der Waals surface area contributed by atoms with Crippen LogP contribution in [0, 0.1) is 0 Å². The van der Waals surface area contributed by atoms with Crippen molar-refractivity contribution in [3.63, 3.8) is 0 Å². The first-order chi connectivity index (χ1) is 5.76. The Bertz CT molecular complexity index is 124. The van der Waals surface area contributed by atoms with Crippen LogP contribution in [-0.4, -0.2) is 30.1 Å². The number of carbonyl (C=O) groups excluding carboxylic acids is 1. The van der Waals surface area contributed by atoms with Crippen LogP contribution in [0.15, 0.2) is 0 Å². The van der Waals surface area contributed by atoms with Crippen molar-refractivity contribution in [2.24, 2.45) is 0 Å². The zero-order valence-corrected chi connectivity index (χ0v) is 8.43. The van der Waals surface area contributed by atoms with Crippen molar-refractivity contribution < 1.29 is 9.53 Å². The van der Waals surface area contributed by atoms with Crippen LogP contribution in [0.4, 0.5) is 4.79 Å². The van der Waals surface area contributed by atoms with Gasteiger partial charge < -0.3 is 9.64 Å². The van der Waals surface area contributed by atoms with E-state index in [0.29, 0.717) is 0 Å². The molecule has 0 fully saturated rings. The molecule has 0 atom stereocenters. The molecule has 1 amide bonds. The van der Waals surface area contributed by atoms with E-state index in [1.165, 1.54) is 0 Å². The molecule has 3 nitrogen and oxygen atoms in total. The molecule has 0 N–H and O–H groups in total. The number of amides is 1. The highest BCUT2D eigenvalue weighted by molar-refractivity contribution is 6.17. The minimum absolute atomic E-state index is 0.0667. The first-order valence-corrected chi connectivity index (χ1v) is 4.77. The predicted molar refractivity (Wildman–Crippen MR) is 49.4 cm³/mol. The number of hydrogen-bond donors (Lipinski definition) is 0. The van der Waals surface area contributed by atoms with Gasteiger partial charge in [-0.25, -0.2) is 4.79 Å². The molecule has 0 bridgehead atoms. The van der Waals surface area contributed by atoms with Gasteiger partial charge in [0, 0.05) is 13.1 Å². The summed E-state index contributed by atoms with van der Waals surface area (Å²) in [7, 11) is 0. The molecule has 12 heavy (non-hydrogen) atoms. The molecular formula is C8H16ClNO2. The first kappa shape index (κ1) is 11.6. The largest absolute Gasteiger partial charge is 0.433 e. The van der Waals surface area contributed by atoms with E-state index in [4.69, 9.17) is 11.6 Å². The Kier molecular flexibility index (Phi) is 6.96. The number of halogens is 1. The summed E-state index contributed by atoms with van der Waals surface area (Å²) in [4.78, 5) is 12.8. The van der Waals surface area contributed by atoms with E-state index in [1.54, 1.807) is 4.90 Å². The maximum atomic E-state index is 11.1. The van der Waals surface area contributed by atoms with Crippen LogP contribution in [0.1, 0.15) is 26.7 Å². The Morgan fingerprint density at radius 2 is 1.83 bits per heavy atom. The second kappa shape index (κ2) is 7.22. The monoisotopic (exact) mass is 193 g/mol. The van der Waals surface area contributed by atoms with Crippen molar-refractivity contribution >= 4 is 17.7 Å². The summed E-state index contributed by atoms with van der Waals surface area (Å²) in [5.41, 5.74) is 0. The van der Waals surface area contributed by atoms with Gasteiger partial charge in [0.25, 0.3) is 0 Å². The maximum Gasteiger partial charge on any atom is 0.410 e. The number of nitrogens with zero attached hydrogens (tertiary/aromatic N) is 1. The predicted octanol–water partition coefficient (Wildman–Crippen LogP) is 2.44. The fourth-order valence-corrected chi connectivity index (χ4v) is 1.07. The molecule has 0 spiro atoms. The second-order valence-electron chi connectivity index (χ2n) is 2.51. The smallest absolute Gasteiger partial charge is 0.410 e. The lowest BCUT2D eigenvalue weighted by atomic mass is 10.4. The summed E-state index contributed by atoms with van der Waals surface area (Å²) in [5, 5.41) is 0. The van der Waals surface area contributed by atoms with Crippen molar-refractivity contribution in [3.05, 3.63) is 0 Å². The van der Waals surface area contributed by atoms with Gasteiger partial charge in [-0.1, -0.05) is 25.4 Å². The minimum atomic E-state index is -0.311. The van der Waals surface area contributed by atoms with Gasteiger partial charge in [-0.05, 0) is 12.8 Å². The molecular weight excluding hydrogens is 178 g/mol. The van der Waals surface area contributed by atoms with Gasteiger partial charge in [-0.2, -0.15) is 0 Å². The summed E-state index contributed by atoms with van der Waals surface area (Å²) >= 11 is 5.27. The summed E-state index contributed by atoms with van der Waals surface area (Å²) < 4.78 is 4.66. The van der Waals surface area contributed by atoms with E-state index in [1.807, 2.05) is 13.8 Å². The summed E-state index contributed by atoms with van der Waals surface area (Å²) in [6, 6.07) is -0.0667. The Morgan fingerprint density at radius 1 is 1.33 bits per heavy atom. The van der Waals surface area contributed by atoms with E-state index in [0.717, 1.165) is 25.9 Å². The van der Waals surface area contributed by atoms with E-state index >= 15 is 0 Å². The van der Waals surface area contributed by atoms with Crippen LogP contribution in [-0.2, 0) is 4.74 Å². The number of alkyl halides is 1. The first-order valence-electron chi connectivity index (χ1n) is 4.23. The molecule has 0 saturated carbocycles. The highest BCUT2D eigenvalue weighted by Gasteiger charge is 2.11. The average Bonchev–Trinajstić information content (AvgIpc) is 2.04. The van der Waals surface area contributed by atoms with Gasteiger partial charge in [0.15, 0.2) is 6.07 Å². The van der Waals surface area contributed by atoms with Crippen LogP contribution < -0.4 is 0 Å². The third-order valence-corrected chi connectivity index (χ3v) is 1.53. The fourth-order valence-electron chi connectivity index (χ4n) is 0.972. The number of hydrogen-bond acceptors (Lipinski definition) is 2. The molecule has 0 saturated heterocycles. The molecule has 0 unspecified atom stereocenters. The summed E-state index contributed by atoms with van der Waals surface area (Å²) in [6.45, 7) is 5.53. The lowest BCUT2D eigenvalue weighted by Crippen LogP contribution is -2.32.